The van der Waals surface area contributed by atoms with Gasteiger partial charge >= 0.3 is 5.97 Å². The first kappa shape index (κ1) is 19.0. The molecule has 0 bridgehead atoms. The van der Waals surface area contributed by atoms with E-state index in [9.17, 15) is 21.6 Å². The molecule has 0 rings (SSSR count). The van der Waals surface area contributed by atoms with Crippen molar-refractivity contribution in [2.24, 2.45) is 0 Å². The molecule has 0 aromatic rings. The Labute approximate surface area is 119 Å². The van der Waals surface area contributed by atoms with Crippen molar-refractivity contribution < 1.29 is 26.4 Å². The maximum absolute atomic E-state index is 11.5. The highest BCUT2D eigenvalue weighted by atomic mass is 32.2. The summed E-state index contributed by atoms with van der Waals surface area (Å²) in [6.45, 7) is 4.59. The number of carbonyl (C=O) groups is 1. The minimum Gasteiger partial charge on any atom is -0.461 e. The molecule has 0 aliphatic rings. The molecule has 0 aliphatic carbocycles. The third kappa shape index (κ3) is 9.02. The molecule has 0 saturated heterocycles. The predicted molar refractivity (Wildman–Crippen MR) is 75.0 cm³/mol. The Morgan fingerprint density at radius 3 is 2.15 bits per heavy atom. The van der Waals surface area contributed by atoms with Crippen molar-refractivity contribution in [3.63, 3.8) is 0 Å². The van der Waals surface area contributed by atoms with Crippen LogP contribution in [-0.2, 0) is 29.6 Å². The molecule has 118 valence electrons. The predicted octanol–water partition coefficient (Wildman–Crippen LogP) is -1.08. The second-order valence-electron chi connectivity index (χ2n) is 4.24. The summed E-state index contributed by atoms with van der Waals surface area (Å²) in [6, 6.07) is 0. The fraction of sp³-hybridized carbons (Fsp3) is 0.700. The van der Waals surface area contributed by atoms with Crippen LogP contribution in [0.1, 0.15) is 6.92 Å². The minimum absolute atomic E-state index is 0.0451. The number of carbonyl (C=O) groups excluding carboxylic acids is 1. The van der Waals surface area contributed by atoms with Gasteiger partial charge in [-0.25, -0.2) is 26.4 Å². The first-order valence-electron chi connectivity index (χ1n) is 5.66. The molecule has 0 heterocycles. The van der Waals surface area contributed by atoms with Gasteiger partial charge in [-0.15, -0.1) is 0 Å². The molecule has 1 N–H and O–H groups in total. The Hall–Kier alpha value is -0.970. The lowest BCUT2D eigenvalue weighted by Gasteiger charge is -2.19. The van der Waals surface area contributed by atoms with E-state index < -0.39 is 26.0 Å². The summed E-state index contributed by atoms with van der Waals surface area (Å²) in [5.41, 5.74) is 0.217. The average molecular weight is 328 g/mol. The Morgan fingerprint density at radius 1 is 1.20 bits per heavy atom. The molecule has 8 nitrogen and oxygen atoms in total. The van der Waals surface area contributed by atoms with Crippen LogP contribution >= 0.6 is 0 Å². The van der Waals surface area contributed by atoms with Crippen molar-refractivity contribution in [2.45, 2.75) is 6.92 Å². The summed E-state index contributed by atoms with van der Waals surface area (Å²) >= 11 is 0. The van der Waals surface area contributed by atoms with Crippen molar-refractivity contribution >= 4 is 26.0 Å². The monoisotopic (exact) mass is 328 g/mol. The second-order valence-corrected chi connectivity index (χ2v) is 8.06. The number of sulfonamides is 2. The van der Waals surface area contributed by atoms with E-state index in [2.05, 4.69) is 11.3 Å². The van der Waals surface area contributed by atoms with Gasteiger partial charge in [-0.1, -0.05) is 6.58 Å². The SMILES string of the molecule is C=C(C)C(=O)OCCN(CCNS(C)(=O)=O)S(C)(=O)=O. The lowest BCUT2D eigenvalue weighted by atomic mass is 10.4. The fourth-order valence-corrected chi connectivity index (χ4v) is 2.45. The molecule has 20 heavy (non-hydrogen) atoms. The zero-order valence-electron chi connectivity index (χ0n) is 11.7. The minimum atomic E-state index is -3.52. The van der Waals surface area contributed by atoms with Gasteiger partial charge < -0.3 is 4.74 Å². The van der Waals surface area contributed by atoms with Crippen molar-refractivity contribution in [3.8, 4) is 0 Å². The zero-order chi connectivity index (χ0) is 16.0. The van der Waals surface area contributed by atoms with Crippen LogP contribution in [-0.4, -0.2) is 65.9 Å². The normalized spacial score (nSPS) is 12.4. The van der Waals surface area contributed by atoms with Crippen LogP contribution in [0.3, 0.4) is 0 Å². The van der Waals surface area contributed by atoms with E-state index in [1.807, 2.05) is 0 Å². The number of ether oxygens (including phenoxy) is 1. The second kappa shape index (κ2) is 7.72. The Bertz CT molecular complexity index is 552. The van der Waals surface area contributed by atoms with Crippen molar-refractivity contribution in [2.75, 3.05) is 38.8 Å². The molecule has 10 heteroatoms. The molecule has 0 aliphatic heterocycles. The summed E-state index contributed by atoms with van der Waals surface area (Å²) in [6.07, 6.45) is 1.97. The van der Waals surface area contributed by atoms with Gasteiger partial charge in [0.25, 0.3) is 0 Å². The number of esters is 1. The van der Waals surface area contributed by atoms with E-state index in [0.717, 1.165) is 16.8 Å². The number of rotatable bonds is 9. The van der Waals surface area contributed by atoms with Crippen LogP contribution in [0, 0.1) is 0 Å². The van der Waals surface area contributed by atoms with E-state index in [1.165, 1.54) is 6.92 Å². The van der Waals surface area contributed by atoms with Gasteiger partial charge in [0, 0.05) is 25.2 Å². The summed E-state index contributed by atoms with van der Waals surface area (Å²) in [7, 11) is -6.89. The summed E-state index contributed by atoms with van der Waals surface area (Å²) in [5.74, 6) is -0.604. The van der Waals surface area contributed by atoms with Crippen molar-refractivity contribution in [3.05, 3.63) is 12.2 Å². The molecule has 0 atom stereocenters. The summed E-state index contributed by atoms with van der Waals surface area (Å²) in [5, 5.41) is 0. The Balaban J connectivity index is 4.39. The van der Waals surface area contributed by atoms with Crippen molar-refractivity contribution in [1.82, 2.24) is 9.03 Å². The van der Waals surface area contributed by atoms with Gasteiger partial charge in [0.2, 0.25) is 20.0 Å². The molecule has 0 unspecified atom stereocenters. The van der Waals surface area contributed by atoms with Gasteiger partial charge in [-0.3, -0.25) is 0 Å². The van der Waals surface area contributed by atoms with Gasteiger partial charge in [-0.05, 0) is 6.92 Å². The molecule has 0 spiro atoms. The van der Waals surface area contributed by atoms with E-state index in [-0.39, 0.29) is 31.8 Å². The van der Waals surface area contributed by atoms with Crippen LogP contribution in [0.25, 0.3) is 0 Å². The Morgan fingerprint density at radius 2 is 1.75 bits per heavy atom. The third-order valence-corrected chi connectivity index (χ3v) is 4.15. The van der Waals surface area contributed by atoms with E-state index in [1.54, 1.807) is 0 Å². The highest BCUT2D eigenvalue weighted by Gasteiger charge is 2.17. The number of hydrogen-bond donors (Lipinski definition) is 1. The topological polar surface area (TPSA) is 110 Å². The standard InChI is InChI=1S/C10H20N2O6S2/c1-9(2)10(13)18-8-7-12(20(4,16)17)6-5-11-19(3,14)15/h11H,1,5-8H2,2-4H3. The van der Waals surface area contributed by atoms with Crippen LogP contribution in [0.5, 0.6) is 0 Å². The zero-order valence-corrected chi connectivity index (χ0v) is 13.4. The molecular formula is C10H20N2O6S2. The first-order chi connectivity index (χ1) is 8.93. The van der Waals surface area contributed by atoms with Gasteiger partial charge in [0.15, 0.2) is 0 Å². The molecule has 0 fully saturated rings. The van der Waals surface area contributed by atoms with E-state index >= 15 is 0 Å². The largest absolute Gasteiger partial charge is 0.461 e. The maximum atomic E-state index is 11.5. The quantitative estimate of drug-likeness (QED) is 0.426. The van der Waals surface area contributed by atoms with Gasteiger partial charge in [0.05, 0.1) is 12.5 Å². The van der Waals surface area contributed by atoms with Gasteiger partial charge in [-0.2, -0.15) is 4.31 Å². The highest BCUT2D eigenvalue weighted by Crippen LogP contribution is 1.99. The smallest absolute Gasteiger partial charge is 0.333 e. The summed E-state index contributed by atoms with van der Waals surface area (Å²) in [4.78, 5) is 11.1. The van der Waals surface area contributed by atoms with Crippen molar-refractivity contribution in [1.29, 1.82) is 0 Å². The molecule has 0 radical (unpaired) electrons. The van der Waals surface area contributed by atoms with E-state index in [4.69, 9.17) is 4.74 Å². The highest BCUT2D eigenvalue weighted by molar-refractivity contribution is 7.88. The summed E-state index contributed by atoms with van der Waals surface area (Å²) < 4.78 is 52.7. The van der Waals surface area contributed by atoms with Crippen LogP contribution in [0.4, 0.5) is 0 Å². The maximum Gasteiger partial charge on any atom is 0.333 e. The molecular weight excluding hydrogens is 308 g/mol. The lowest BCUT2D eigenvalue weighted by molar-refractivity contribution is -0.139. The first-order valence-corrected chi connectivity index (χ1v) is 9.40. The fourth-order valence-electron chi connectivity index (χ4n) is 1.16. The number of hydrogen-bond acceptors (Lipinski definition) is 6. The number of nitrogens with one attached hydrogen (secondary N) is 1. The van der Waals surface area contributed by atoms with E-state index in [0.29, 0.717) is 0 Å². The lowest BCUT2D eigenvalue weighted by Crippen LogP contribution is -2.39. The Kier molecular flexibility index (Phi) is 7.34. The van der Waals surface area contributed by atoms with Gasteiger partial charge in [0.1, 0.15) is 6.61 Å². The molecule has 0 saturated carbocycles. The number of nitrogens with zero attached hydrogens (tertiary/aromatic N) is 1. The molecule has 0 amide bonds. The van der Waals surface area contributed by atoms with Crippen LogP contribution in [0.2, 0.25) is 0 Å². The van der Waals surface area contributed by atoms with Crippen LogP contribution < -0.4 is 4.72 Å². The molecule has 0 aromatic heterocycles. The average Bonchev–Trinajstić information content (AvgIpc) is 2.23. The third-order valence-electron chi connectivity index (χ3n) is 2.12. The molecule has 0 aromatic carbocycles. The van der Waals surface area contributed by atoms with Crippen LogP contribution in [0.15, 0.2) is 12.2 Å².